The number of alkyl halides is 5. The minimum Gasteiger partial charge on any atom is -0.364 e. The van der Waals surface area contributed by atoms with E-state index in [-0.39, 0.29) is 30.8 Å². The highest BCUT2D eigenvalue weighted by atomic mass is 35.5. The lowest BCUT2D eigenvalue weighted by Crippen LogP contribution is -2.28. The van der Waals surface area contributed by atoms with Gasteiger partial charge in [0.25, 0.3) is 11.8 Å². The number of nitrogens with zero attached hydrogens (tertiary/aromatic N) is 3. The summed E-state index contributed by atoms with van der Waals surface area (Å²) < 4.78 is 67.5. The van der Waals surface area contributed by atoms with E-state index >= 15 is 0 Å². The number of rotatable bonds is 5. The monoisotopic (exact) mass is 465 g/mol. The van der Waals surface area contributed by atoms with Crippen LogP contribution in [0.3, 0.4) is 0 Å². The van der Waals surface area contributed by atoms with E-state index in [1.807, 2.05) is 0 Å². The van der Waals surface area contributed by atoms with E-state index < -0.39 is 59.1 Å². The largest absolute Gasteiger partial charge is 0.436 e. The van der Waals surface area contributed by atoms with E-state index in [2.05, 4.69) is 15.4 Å². The van der Waals surface area contributed by atoms with E-state index in [0.717, 1.165) is 10.7 Å². The van der Waals surface area contributed by atoms with Gasteiger partial charge in [0.05, 0.1) is 0 Å². The highest BCUT2D eigenvalue weighted by Crippen LogP contribution is 2.39. The Labute approximate surface area is 177 Å². The molecule has 1 aliphatic carbocycles. The number of nitrogens with one attached hydrogen (secondary N) is 1. The van der Waals surface area contributed by atoms with Crippen molar-refractivity contribution in [1.82, 2.24) is 14.8 Å². The maximum Gasteiger partial charge on any atom is 0.436 e. The van der Waals surface area contributed by atoms with Gasteiger partial charge in [0, 0.05) is 31.3 Å². The molecule has 0 radical (unpaired) electrons. The Morgan fingerprint density at radius 3 is 2.52 bits per heavy atom. The number of carbonyl (C=O) groups is 2. The van der Waals surface area contributed by atoms with Crippen molar-refractivity contribution in [2.45, 2.75) is 44.3 Å². The zero-order chi connectivity index (χ0) is 23.0. The van der Waals surface area contributed by atoms with Crippen LogP contribution in [0.4, 0.5) is 27.6 Å². The SMILES string of the molecule is NC(=O)c1cc(NC(=O)c2c(Cl)c(C(F)(F)F)nn2CC2CCC(F)(F)CC2)ccn1. The Hall–Kier alpha value is -2.76. The zero-order valence-electron chi connectivity index (χ0n) is 15.8. The molecular weight excluding hydrogens is 449 g/mol. The zero-order valence-corrected chi connectivity index (χ0v) is 16.6. The smallest absolute Gasteiger partial charge is 0.364 e. The molecule has 2 heterocycles. The Bertz CT molecular complexity index is 998. The van der Waals surface area contributed by atoms with Gasteiger partial charge in [-0.25, -0.2) is 8.78 Å². The lowest BCUT2D eigenvalue weighted by Gasteiger charge is -2.28. The van der Waals surface area contributed by atoms with E-state index in [1.54, 1.807) is 0 Å². The van der Waals surface area contributed by atoms with Gasteiger partial charge in [-0.3, -0.25) is 19.3 Å². The van der Waals surface area contributed by atoms with Gasteiger partial charge in [0.2, 0.25) is 5.92 Å². The molecule has 0 saturated heterocycles. The third-order valence-corrected chi connectivity index (χ3v) is 5.27. The molecule has 3 N–H and O–H groups in total. The average molecular weight is 466 g/mol. The van der Waals surface area contributed by atoms with Crippen LogP contribution in [0.25, 0.3) is 0 Å². The number of primary amides is 1. The normalized spacial score (nSPS) is 16.8. The Morgan fingerprint density at radius 1 is 1.29 bits per heavy atom. The average Bonchev–Trinajstić information content (AvgIpc) is 3.00. The predicted octanol–water partition coefficient (Wildman–Crippen LogP) is 4.13. The third-order valence-electron chi connectivity index (χ3n) is 4.92. The first-order valence-corrected chi connectivity index (χ1v) is 9.54. The molecule has 31 heavy (non-hydrogen) atoms. The topological polar surface area (TPSA) is 103 Å². The van der Waals surface area contributed by atoms with Crippen LogP contribution in [0.15, 0.2) is 18.3 Å². The van der Waals surface area contributed by atoms with Crippen molar-refractivity contribution in [2.24, 2.45) is 11.7 Å². The molecule has 0 bridgehead atoms. The summed E-state index contributed by atoms with van der Waals surface area (Å²) in [5.41, 5.74) is 2.98. The molecule has 0 atom stereocenters. The molecule has 7 nitrogen and oxygen atoms in total. The molecule has 2 aromatic heterocycles. The third kappa shape index (κ3) is 5.30. The maximum atomic E-state index is 13.4. The molecule has 0 spiro atoms. The van der Waals surface area contributed by atoms with Crippen LogP contribution in [-0.2, 0) is 12.7 Å². The Balaban J connectivity index is 1.90. The number of nitrogens with two attached hydrogens (primary N) is 1. The van der Waals surface area contributed by atoms with Crippen molar-refractivity contribution in [3.63, 3.8) is 0 Å². The van der Waals surface area contributed by atoms with Gasteiger partial charge in [-0.15, -0.1) is 0 Å². The Morgan fingerprint density at radius 2 is 1.94 bits per heavy atom. The first-order valence-electron chi connectivity index (χ1n) is 9.16. The molecule has 1 aliphatic rings. The highest BCUT2D eigenvalue weighted by molar-refractivity contribution is 6.34. The molecule has 0 unspecified atom stereocenters. The summed E-state index contributed by atoms with van der Waals surface area (Å²) in [6.45, 7) is -0.183. The van der Waals surface area contributed by atoms with Gasteiger partial charge in [-0.05, 0) is 30.9 Å². The van der Waals surface area contributed by atoms with Gasteiger partial charge in [-0.1, -0.05) is 11.6 Å². The lowest BCUT2D eigenvalue weighted by molar-refractivity contribution is -0.141. The lowest BCUT2D eigenvalue weighted by atomic mass is 9.87. The van der Waals surface area contributed by atoms with E-state index in [0.29, 0.717) is 0 Å². The van der Waals surface area contributed by atoms with Crippen molar-refractivity contribution in [3.05, 3.63) is 40.4 Å². The van der Waals surface area contributed by atoms with Gasteiger partial charge in [-0.2, -0.15) is 18.3 Å². The predicted molar refractivity (Wildman–Crippen MR) is 99.9 cm³/mol. The fraction of sp³-hybridized carbons (Fsp3) is 0.444. The summed E-state index contributed by atoms with van der Waals surface area (Å²) in [5.74, 6) is -5.09. The van der Waals surface area contributed by atoms with Crippen molar-refractivity contribution >= 4 is 29.1 Å². The van der Waals surface area contributed by atoms with E-state index in [9.17, 15) is 31.5 Å². The molecule has 13 heteroatoms. The van der Waals surface area contributed by atoms with E-state index in [4.69, 9.17) is 17.3 Å². The van der Waals surface area contributed by atoms with Crippen molar-refractivity contribution in [2.75, 3.05) is 5.32 Å². The maximum absolute atomic E-state index is 13.4. The molecule has 3 rings (SSSR count). The van der Waals surface area contributed by atoms with Crippen LogP contribution >= 0.6 is 11.6 Å². The number of hydrogen-bond donors (Lipinski definition) is 2. The highest BCUT2D eigenvalue weighted by Gasteiger charge is 2.41. The molecule has 0 aliphatic heterocycles. The van der Waals surface area contributed by atoms with Crippen LogP contribution in [-0.4, -0.2) is 32.5 Å². The quantitative estimate of drug-likeness (QED) is 0.648. The number of aromatic nitrogens is 3. The fourth-order valence-electron chi connectivity index (χ4n) is 3.33. The second-order valence-corrected chi connectivity index (χ2v) is 7.62. The van der Waals surface area contributed by atoms with Crippen LogP contribution in [0, 0.1) is 5.92 Å². The van der Waals surface area contributed by atoms with Crippen molar-refractivity contribution < 1.29 is 31.5 Å². The Kier molecular flexibility index (Phi) is 6.21. The number of carbonyl (C=O) groups excluding carboxylic acids is 2. The number of amides is 2. The standard InChI is InChI=1S/C18H17ClF5N5O2/c19-12-13(16(31)27-10-3-6-26-11(7-10)15(25)30)29(28-14(12)18(22,23)24)8-9-1-4-17(20,21)5-2-9/h3,6-7,9H,1-2,4-5,8H2,(H2,25,30)(H,26,27,31). The molecule has 2 amide bonds. The summed E-state index contributed by atoms with van der Waals surface area (Å²) in [7, 11) is 0. The molecule has 2 aromatic rings. The second-order valence-electron chi connectivity index (χ2n) is 7.24. The molecule has 0 aromatic carbocycles. The second kappa shape index (κ2) is 8.40. The fourth-order valence-corrected chi connectivity index (χ4v) is 3.66. The van der Waals surface area contributed by atoms with Gasteiger partial charge < -0.3 is 11.1 Å². The summed E-state index contributed by atoms with van der Waals surface area (Å²) in [6.07, 6.45) is -4.40. The number of anilines is 1. The summed E-state index contributed by atoms with van der Waals surface area (Å²) in [4.78, 5) is 27.7. The van der Waals surface area contributed by atoms with Crippen LogP contribution in [0.5, 0.6) is 0 Å². The minimum atomic E-state index is -4.92. The first-order chi connectivity index (χ1) is 14.4. The first kappa shape index (κ1) is 22.9. The van der Waals surface area contributed by atoms with Crippen LogP contribution < -0.4 is 11.1 Å². The van der Waals surface area contributed by atoms with E-state index in [1.165, 1.54) is 12.3 Å². The summed E-state index contributed by atoms with van der Waals surface area (Å²) >= 11 is 5.85. The molecule has 1 fully saturated rings. The number of halogens is 6. The van der Waals surface area contributed by atoms with Crippen LogP contribution in [0.1, 0.15) is 52.4 Å². The van der Waals surface area contributed by atoms with Gasteiger partial charge >= 0.3 is 6.18 Å². The molecule has 168 valence electrons. The molecule has 1 saturated carbocycles. The number of pyridine rings is 1. The van der Waals surface area contributed by atoms with Crippen molar-refractivity contribution in [3.8, 4) is 0 Å². The minimum absolute atomic E-state index is 0.0449. The summed E-state index contributed by atoms with van der Waals surface area (Å²) in [6, 6.07) is 2.44. The van der Waals surface area contributed by atoms with Crippen LogP contribution in [0.2, 0.25) is 5.02 Å². The summed E-state index contributed by atoms with van der Waals surface area (Å²) in [5, 5.41) is 4.87. The van der Waals surface area contributed by atoms with Crippen molar-refractivity contribution in [1.29, 1.82) is 0 Å². The van der Waals surface area contributed by atoms with Gasteiger partial charge in [0.15, 0.2) is 5.69 Å². The van der Waals surface area contributed by atoms with Gasteiger partial charge in [0.1, 0.15) is 16.4 Å². The number of hydrogen-bond acceptors (Lipinski definition) is 4. The molecular formula is C18H17ClF5N5O2.